The van der Waals surface area contributed by atoms with Crippen molar-refractivity contribution in [2.75, 3.05) is 14.2 Å². The molecule has 0 heterocycles. The molecule has 1 aliphatic rings. The molecule has 0 bridgehead atoms. The van der Waals surface area contributed by atoms with Crippen LogP contribution >= 0.6 is 0 Å². The van der Waals surface area contributed by atoms with E-state index >= 15 is 0 Å². The lowest BCUT2D eigenvalue weighted by Gasteiger charge is -2.23. The zero-order valence-electron chi connectivity index (χ0n) is 16.0. The van der Waals surface area contributed by atoms with E-state index in [0.717, 1.165) is 24.2 Å². The van der Waals surface area contributed by atoms with Gasteiger partial charge < -0.3 is 19.5 Å². The van der Waals surface area contributed by atoms with Gasteiger partial charge in [0.25, 0.3) is 5.91 Å². The molecule has 1 saturated carbocycles. The lowest BCUT2D eigenvalue weighted by molar-refractivity contribution is 0.0927. The van der Waals surface area contributed by atoms with Gasteiger partial charge >= 0.3 is 0 Å². The van der Waals surface area contributed by atoms with Crippen molar-refractivity contribution in [1.82, 2.24) is 5.32 Å². The second-order valence-electron chi connectivity index (χ2n) is 6.80. The number of benzene rings is 2. The molecule has 5 nitrogen and oxygen atoms in total. The molecule has 0 unspecified atom stereocenters. The highest BCUT2D eigenvalue weighted by molar-refractivity contribution is 5.94. The van der Waals surface area contributed by atoms with Crippen LogP contribution in [0.3, 0.4) is 0 Å². The molecule has 0 aliphatic heterocycles. The molecule has 144 valence electrons. The molecule has 0 saturated heterocycles. The summed E-state index contributed by atoms with van der Waals surface area (Å²) in [5.74, 6) is 2.10. The summed E-state index contributed by atoms with van der Waals surface area (Å²) in [6.45, 7) is 0.306. The van der Waals surface area contributed by atoms with Crippen molar-refractivity contribution in [3.63, 3.8) is 0 Å². The standard InChI is InChI=1S/C22H27NO4/c1-25-19-9-6-10-20(14-19)27-15-17-13-16(11-12-21(17)26-2)22(24)23-18-7-4-3-5-8-18/h6,9-14,18H,3-5,7-8,15H2,1-2H3,(H,23,24). The maximum atomic E-state index is 12.6. The number of carbonyl (C=O) groups is 1. The normalized spacial score (nSPS) is 14.4. The van der Waals surface area contributed by atoms with Gasteiger partial charge in [0.1, 0.15) is 23.9 Å². The first kappa shape index (κ1) is 19.1. The summed E-state index contributed by atoms with van der Waals surface area (Å²) in [6.07, 6.45) is 5.77. The molecule has 0 aromatic heterocycles. The molecule has 0 radical (unpaired) electrons. The summed E-state index contributed by atoms with van der Waals surface area (Å²) in [4.78, 5) is 12.6. The maximum absolute atomic E-state index is 12.6. The maximum Gasteiger partial charge on any atom is 0.251 e. The van der Waals surface area contributed by atoms with Crippen molar-refractivity contribution in [3.05, 3.63) is 53.6 Å². The van der Waals surface area contributed by atoms with E-state index in [4.69, 9.17) is 14.2 Å². The van der Waals surface area contributed by atoms with Crippen LogP contribution in [0.2, 0.25) is 0 Å². The van der Waals surface area contributed by atoms with Crippen molar-refractivity contribution in [1.29, 1.82) is 0 Å². The predicted octanol–water partition coefficient (Wildman–Crippen LogP) is 4.35. The summed E-state index contributed by atoms with van der Waals surface area (Å²) in [6, 6.07) is 13.2. The fourth-order valence-corrected chi connectivity index (χ4v) is 3.40. The molecule has 1 fully saturated rings. The summed E-state index contributed by atoms with van der Waals surface area (Å²) >= 11 is 0. The highest BCUT2D eigenvalue weighted by Crippen LogP contribution is 2.25. The third-order valence-corrected chi connectivity index (χ3v) is 4.92. The van der Waals surface area contributed by atoms with Gasteiger partial charge in [-0.2, -0.15) is 0 Å². The van der Waals surface area contributed by atoms with Gasteiger partial charge in [-0.1, -0.05) is 25.3 Å². The average Bonchev–Trinajstić information content (AvgIpc) is 2.73. The molecular weight excluding hydrogens is 342 g/mol. The molecule has 1 amide bonds. The smallest absolute Gasteiger partial charge is 0.251 e. The largest absolute Gasteiger partial charge is 0.497 e. The zero-order chi connectivity index (χ0) is 19.1. The van der Waals surface area contributed by atoms with Crippen LogP contribution in [0.4, 0.5) is 0 Å². The van der Waals surface area contributed by atoms with Crippen LogP contribution in [0.25, 0.3) is 0 Å². The van der Waals surface area contributed by atoms with Gasteiger partial charge in [-0.25, -0.2) is 0 Å². The highest BCUT2D eigenvalue weighted by atomic mass is 16.5. The number of carbonyl (C=O) groups excluding carboxylic acids is 1. The monoisotopic (exact) mass is 369 g/mol. The van der Waals surface area contributed by atoms with Crippen LogP contribution < -0.4 is 19.5 Å². The van der Waals surface area contributed by atoms with Crippen LogP contribution in [0.1, 0.15) is 48.0 Å². The molecule has 2 aromatic carbocycles. The van der Waals surface area contributed by atoms with Gasteiger partial charge in [0, 0.05) is 23.2 Å². The molecule has 5 heteroatoms. The number of nitrogens with one attached hydrogen (secondary N) is 1. The van der Waals surface area contributed by atoms with Gasteiger partial charge in [0.15, 0.2) is 0 Å². The molecule has 1 aliphatic carbocycles. The number of hydrogen-bond donors (Lipinski definition) is 1. The summed E-state index contributed by atoms with van der Waals surface area (Å²) in [7, 11) is 3.24. The van der Waals surface area contributed by atoms with E-state index in [1.807, 2.05) is 36.4 Å². The van der Waals surface area contributed by atoms with E-state index in [2.05, 4.69) is 5.32 Å². The molecule has 0 spiro atoms. The highest BCUT2D eigenvalue weighted by Gasteiger charge is 2.17. The van der Waals surface area contributed by atoms with Gasteiger partial charge in [-0.15, -0.1) is 0 Å². The van der Waals surface area contributed by atoms with Crippen LogP contribution in [-0.4, -0.2) is 26.2 Å². The molecular formula is C22H27NO4. The lowest BCUT2D eigenvalue weighted by Crippen LogP contribution is -2.36. The Labute approximate surface area is 160 Å². The van der Waals surface area contributed by atoms with E-state index in [-0.39, 0.29) is 11.9 Å². The summed E-state index contributed by atoms with van der Waals surface area (Å²) in [5, 5.41) is 3.15. The Morgan fingerprint density at radius 1 is 1.00 bits per heavy atom. The van der Waals surface area contributed by atoms with Gasteiger partial charge in [0.05, 0.1) is 14.2 Å². The van der Waals surface area contributed by atoms with Crippen molar-refractivity contribution < 1.29 is 19.0 Å². The Morgan fingerprint density at radius 2 is 1.78 bits per heavy atom. The summed E-state index contributed by atoms with van der Waals surface area (Å²) < 4.78 is 16.5. The Hall–Kier alpha value is -2.69. The SMILES string of the molecule is COc1cccc(OCc2cc(C(=O)NC3CCCCC3)ccc2OC)c1. The number of ether oxygens (including phenoxy) is 3. The average molecular weight is 369 g/mol. The minimum atomic E-state index is -0.0350. The number of hydrogen-bond acceptors (Lipinski definition) is 4. The van der Waals surface area contributed by atoms with Crippen LogP contribution in [-0.2, 0) is 6.61 Å². The second-order valence-corrected chi connectivity index (χ2v) is 6.80. The topological polar surface area (TPSA) is 56.8 Å². The fourth-order valence-electron chi connectivity index (χ4n) is 3.40. The minimum Gasteiger partial charge on any atom is -0.497 e. The van der Waals surface area contributed by atoms with E-state index < -0.39 is 0 Å². The van der Waals surface area contributed by atoms with Crippen molar-refractivity contribution in [2.24, 2.45) is 0 Å². The van der Waals surface area contributed by atoms with Crippen molar-refractivity contribution >= 4 is 5.91 Å². The predicted molar refractivity (Wildman–Crippen MR) is 105 cm³/mol. The Balaban J connectivity index is 1.69. The lowest BCUT2D eigenvalue weighted by atomic mass is 9.95. The van der Waals surface area contributed by atoms with E-state index in [1.54, 1.807) is 20.3 Å². The third-order valence-electron chi connectivity index (χ3n) is 4.92. The Morgan fingerprint density at radius 3 is 2.52 bits per heavy atom. The van der Waals surface area contributed by atoms with Crippen LogP contribution in [0.5, 0.6) is 17.2 Å². The van der Waals surface area contributed by atoms with E-state index in [0.29, 0.717) is 23.7 Å². The van der Waals surface area contributed by atoms with Crippen molar-refractivity contribution in [2.45, 2.75) is 44.8 Å². The van der Waals surface area contributed by atoms with Crippen molar-refractivity contribution in [3.8, 4) is 17.2 Å². The summed E-state index contributed by atoms with van der Waals surface area (Å²) in [5.41, 5.74) is 1.46. The third kappa shape index (κ3) is 5.16. The fraction of sp³-hybridized carbons (Fsp3) is 0.409. The molecule has 0 atom stereocenters. The number of rotatable bonds is 7. The first-order chi connectivity index (χ1) is 13.2. The van der Waals surface area contributed by atoms with Crippen LogP contribution in [0.15, 0.2) is 42.5 Å². The number of methoxy groups -OCH3 is 2. The first-order valence-corrected chi connectivity index (χ1v) is 9.44. The quantitative estimate of drug-likeness (QED) is 0.788. The van der Waals surface area contributed by atoms with Gasteiger partial charge in [-0.05, 0) is 43.2 Å². The van der Waals surface area contributed by atoms with Crippen LogP contribution in [0, 0.1) is 0 Å². The van der Waals surface area contributed by atoms with Gasteiger partial charge in [0.2, 0.25) is 0 Å². The van der Waals surface area contributed by atoms with E-state index in [1.165, 1.54) is 19.3 Å². The van der Waals surface area contributed by atoms with E-state index in [9.17, 15) is 4.79 Å². The molecule has 27 heavy (non-hydrogen) atoms. The molecule has 2 aromatic rings. The van der Waals surface area contributed by atoms with Gasteiger partial charge in [-0.3, -0.25) is 4.79 Å². The minimum absolute atomic E-state index is 0.0350. The Kier molecular flexibility index (Phi) is 6.58. The molecule has 1 N–H and O–H groups in total. The Bertz CT molecular complexity index is 769. The second kappa shape index (κ2) is 9.31. The first-order valence-electron chi connectivity index (χ1n) is 9.44. The molecule has 3 rings (SSSR count). The number of amides is 1. The zero-order valence-corrected chi connectivity index (χ0v) is 16.0.